The van der Waals surface area contributed by atoms with Crippen LogP contribution in [0.25, 0.3) is 0 Å². The van der Waals surface area contributed by atoms with Crippen molar-refractivity contribution in [2.24, 2.45) is 11.7 Å². The number of hydrogen-bond acceptors (Lipinski definition) is 4. The van der Waals surface area contributed by atoms with E-state index in [0.717, 1.165) is 25.6 Å². The van der Waals surface area contributed by atoms with Crippen LogP contribution in [0.2, 0.25) is 0 Å². The van der Waals surface area contributed by atoms with E-state index in [1.807, 2.05) is 11.3 Å². The largest absolute Gasteiger partial charge is 0.384 e. The molecule has 1 aromatic heterocycles. The van der Waals surface area contributed by atoms with Crippen LogP contribution in [-0.4, -0.2) is 37.7 Å². The molecule has 19 heavy (non-hydrogen) atoms. The lowest BCUT2D eigenvalue weighted by atomic mass is 9.94. The summed E-state index contributed by atoms with van der Waals surface area (Å²) >= 11 is 1.84. The Labute approximate surface area is 120 Å². The summed E-state index contributed by atoms with van der Waals surface area (Å²) in [7, 11) is 1.80. The van der Waals surface area contributed by atoms with Crippen molar-refractivity contribution in [1.29, 1.82) is 0 Å². The zero-order chi connectivity index (χ0) is 13.8. The van der Waals surface area contributed by atoms with E-state index in [2.05, 4.69) is 30.2 Å². The number of rotatable bonds is 5. The van der Waals surface area contributed by atoms with E-state index in [-0.39, 0.29) is 6.04 Å². The van der Waals surface area contributed by atoms with Crippen molar-refractivity contribution in [2.75, 3.05) is 26.8 Å². The number of methoxy groups -OCH3 is 1. The Morgan fingerprint density at radius 3 is 2.63 bits per heavy atom. The lowest BCUT2D eigenvalue weighted by molar-refractivity contribution is 0.0744. The fourth-order valence-electron chi connectivity index (χ4n) is 3.06. The molecule has 3 nitrogen and oxygen atoms in total. The van der Waals surface area contributed by atoms with Crippen LogP contribution in [0.5, 0.6) is 0 Å². The average molecular weight is 282 g/mol. The molecule has 2 unspecified atom stereocenters. The van der Waals surface area contributed by atoms with Crippen LogP contribution >= 0.6 is 11.3 Å². The maximum atomic E-state index is 6.26. The van der Waals surface area contributed by atoms with Gasteiger partial charge in [-0.25, -0.2) is 0 Å². The molecule has 1 saturated heterocycles. The minimum absolute atomic E-state index is 0.177. The Balaban J connectivity index is 2.04. The topological polar surface area (TPSA) is 38.5 Å². The Hall–Kier alpha value is -0.420. The first-order valence-corrected chi connectivity index (χ1v) is 8.04. The van der Waals surface area contributed by atoms with Crippen LogP contribution in [0.4, 0.5) is 0 Å². The number of nitrogens with zero attached hydrogens (tertiary/aromatic N) is 1. The van der Waals surface area contributed by atoms with Crippen molar-refractivity contribution in [3.05, 3.63) is 21.9 Å². The second-order valence-electron chi connectivity index (χ2n) is 5.71. The minimum Gasteiger partial charge on any atom is -0.384 e. The molecular weight excluding hydrogens is 256 g/mol. The van der Waals surface area contributed by atoms with Gasteiger partial charge >= 0.3 is 0 Å². The quantitative estimate of drug-likeness (QED) is 0.902. The number of thiophene rings is 1. The Morgan fingerprint density at radius 1 is 1.47 bits per heavy atom. The third kappa shape index (κ3) is 3.57. The maximum Gasteiger partial charge on any atom is 0.0593 e. The lowest BCUT2D eigenvalue weighted by Gasteiger charge is -2.39. The predicted molar refractivity (Wildman–Crippen MR) is 81.6 cm³/mol. The summed E-state index contributed by atoms with van der Waals surface area (Å²) in [6.45, 7) is 7.49. The molecule has 0 aliphatic carbocycles. The van der Waals surface area contributed by atoms with Gasteiger partial charge in [-0.15, -0.1) is 11.3 Å². The van der Waals surface area contributed by atoms with E-state index >= 15 is 0 Å². The van der Waals surface area contributed by atoms with Gasteiger partial charge in [0.1, 0.15) is 0 Å². The van der Waals surface area contributed by atoms with E-state index < -0.39 is 0 Å². The highest BCUT2D eigenvalue weighted by Crippen LogP contribution is 2.33. The van der Waals surface area contributed by atoms with Crippen molar-refractivity contribution >= 4 is 11.3 Å². The normalized spacial score (nSPS) is 21.5. The van der Waals surface area contributed by atoms with E-state index in [1.165, 1.54) is 23.3 Å². The number of likely N-dealkylation sites (tertiary alicyclic amines) is 1. The van der Waals surface area contributed by atoms with Gasteiger partial charge in [-0.3, -0.25) is 4.90 Å². The average Bonchev–Trinajstić information content (AvgIpc) is 2.78. The first-order chi connectivity index (χ1) is 9.13. The highest BCUT2D eigenvalue weighted by molar-refractivity contribution is 7.10. The van der Waals surface area contributed by atoms with Crippen molar-refractivity contribution in [3.8, 4) is 0 Å². The molecule has 0 spiro atoms. The molecule has 2 heterocycles. The summed E-state index contributed by atoms with van der Waals surface area (Å²) in [4.78, 5) is 4.01. The fraction of sp³-hybridized carbons (Fsp3) is 0.733. The molecule has 0 amide bonds. The van der Waals surface area contributed by atoms with E-state index in [1.54, 1.807) is 7.11 Å². The molecule has 1 aromatic rings. The molecule has 0 bridgehead atoms. The van der Waals surface area contributed by atoms with Gasteiger partial charge in [0, 0.05) is 24.6 Å². The molecule has 0 saturated carbocycles. The number of ether oxygens (including phenoxy) is 1. The van der Waals surface area contributed by atoms with E-state index in [0.29, 0.717) is 6.04 Å². The molecule has 0 aromatic carbocycles. The van der Waals surface area contributed by atoms with Crippen LogP contribution in [0.1, 0.15) is 36.2 Å². The number of aryl methyl sites for hydroxylation is 1. The summed E-state index contributed by atoms with van der Waals surface area (Å²) < 4.78 is 5.27. The third-order valence-corrected chi connectivity index (χ3v) is 5.20. The van der Waals surface area contributed by atoms with Crippen LogP contribution in [0, 0.1) is 12.8 Å². The van der Waals surface area contributed by atoms with Crippen molar-refractivity contribution < 1.29 is 4.74 Å². The maximum absolute atomic E-state index is 6.26. The molecule has 1 aliphatic heterocycles. The highest BCUT2D eigenvalue weighted by Gasteiger charge is 2.29. The van der Waals surface area contributed by atoms with Gasteiger partial charge in [-0.05, 0) is 62.7 Å². The van der Waals surface area contributed by atoms with Gasteiger partial charge in [-0.1, -0.05) is 0 Å². The number of hydrogen-bond donors (Lipinski definition) is 1. The molecule has 2 atom stereocenters. The second-order valence-corrected chi connectivity index (χ2v) is 6.65. The number of piperidine rings is 1. The fourth-order valence-corrected chi connectivity index (χ4v) is 4.23. The van der Waals surface area contributed by atoms with Gasteiger partial charge in [0.25, 0.3) is 0 Å². The summed E-state index contributed by atoms with van der Waals surface area (Å²) in [5, 5.41) is 2.18. The zero-order valence-corrected chi connectivity index (χ0v) is 13.1. The first-order valence-electron chi connectivity index (χ1n) is 7.16. The van der Waals surface area contributed by atoms with Crippen molar-refractivity contribution in [1.82, 2.24) is 4.90 Å². The summed E-state index contributed by atoms with van der Waals surface area (Å²) in [6.07, 6.45) is 2.45. The second kappa shape index (κ2) is 6.84. The van der Waals surface area contributed by atoms with Crippen LogP contribution < -0.4 is 5.73 Å². The minimum atomic E-state index is 0.177. The first kappa shape index (κ1) is 15.0. The standard InChI is InChI=1S/C15H26N2OS/c1-11-6-9-19-15(11)14(12(2)16)17-7-4-13(5-8-17)10-18-3/h6,9,12-14H,4-5,7-8,10,16H2,1-3H3. The van der Waals surface area contributed by atoms with E-state index in [4.69, 9.17) is 10.5 Å². The van der Waals surface area contributed by atoms with Crippen LogP contribution in [-0.2, 0) is 4.74 Å². The summed E-state index contributed by atoms with van der Waals surface area (Å²) in [5.41, 5.74) is 7.64. The van der Waals surface area contributed by atoms with Crippen LogP contribution in [0.3, 0.4) is 0 Å². The molecule has 108 valence electrons. The van der Waals surface area contributed by atoms with Gasteiger partial charge in [0.15, 0.2) is 0 Å². The monoisotopic (exact) mass is 282 g/mol. The van der Waals surface area contributed by atoms with Gasteiger partial charge in [-0.2, -0.15) is 0 Å². The van der Waals surface area contributed by atoms with Crippen LogP contribution in [0.15, 0.2) is 11.4 Å². The van der Waals surface area contributed by atoms with E-state index in [9.17, 15) is 0 Å². The molecule has 2 rings (SSSR count). The third-order valence-electron chi connectivity index (χ3n) is 4.11. The van der Waals surface area contributed by atoms with Gasteiger partial charge < -0.3 is 10.5 Å². The van der Waals surface area contributed by atoms with Crippen molar-refractivity contribution in [2.45, 2.75) is 38.8 Å². The lowest BCUT2D eigenvalue weighted by Crippen LogP contribution is -2.44. The smallest absolute Gasteiger partial charge is 0.0593 e. The SMILES string of the molecule is COCC1CCN(C(c2sccc2C)C(C)N)CC1. The zero-order valence-electron chi connectivity index (χ0n) is 12.3. The Morgan fingerprint density at radius 2 is 2.16 bits per heavy atom. The van der Waals surface area contributed by atoms with Gasteiger partial charge in [0.2, 0.25) is 0 Å². The molecule has 0 radical (unpaired) electrons. The highest BCUT2D eigenvalue weighted by atomic mass is 32.1. The molecule has 2 N–H and O–H groups in total. The van der Waals surface area contributed by atoms with Gasteiger partial charge in [0.05, 0.1) is 6.04 Å². The van der Waals surface area contributed by atoms with Crippen molar-refractivity contribution in [3.63, 3.8) is 0 Å². The summed E-state index contributed by atoms with van der Waals surface area (Å²) in [5.74, 6) is 0.722. The molecule has 1 fully saturated rings. The molecule has 4 heteroatoms. The summed E-state index contributed by atoms with van der Waals surface area (Å²) in [6, 6.07) is 2.76. The Bertz CT molecular complexity index is 383. The number of nitrogens with two attached hydrogens (primary N) is 1. The predicted octanol–water partition coefficient (Wildman–Crippen LogP) is 2.80. The molecular formula is C15H26N2OS. The molecule has 1 aliphatic rings. The Kier molecular flexibility index (Phi) is 5.39.